The van der Waals surface area contributed by atoms with Gasteiger partial charge in [-0.1, -0.05) is 54.6 Å². The minimum atomic E-state index is -0.547. The van der Waals surface area contributed by atoms with Crippen LogP contribution in [0.2, 0.25) is 0 Å². The number of nitrogens with zero attached hydrogens (tertiary/aromatic N) is 3. The third-order valence-corrected chi connectivity index (χ3v) is 6.49. The number of benzene rings is 3. The molecule has 0 bridgehead atoms. The van der Waals surface area contributed by atoms with E-state index in [-0.39, 0.29) is 18.2 Å². The summed E-state index contributed by atoms with van der Waals surface area (Å²) in [6, 6.07) is 24.4. The van der Waals surface area contributed by atoms with Gasteiger partial charge in [0.1, 0.15) is 6.04 Å². The molecule has 0 spiro atoms. The van der Waals surface area contributed by atoms with E-state index in [1.165, 1.54) is 0 Å². The molecular formula is C29H28N4O4. The molecule has 0 radical (unpaired) electrons. The number of hydrogen-bond donors (Lipinski definition) is 1. The van der Waals surface area contributed by atoms with Gasteiger partial charge in [-0.2, -0.15) is 0 Å². The molecule has 0 unspecified atom stereocenters. The topological polar surface area (TPSA) is 85.7 Å². The van der Waals surface area contributed by atoms with Crippen LogP contribution in [0.5, 0.6) is 11.5 Å². The molecule has 1 N–H and O–H groups in total. The third kappa shape index (κ3) is 5.04. The van der Waals surface area contributed by atoms with Crippen LogP contribution in [0.3, 0.4) is 0 Å². The zero-order chi connectivity index (χ0) is 25.8. The van der Waals surface area contributed by atoms with Gasteiger partial charge in [-0.25, -0.2) is 4.98 Å². The lowest BCUT2D eigenvalue weighted by Gasteiger charge is -2.39. The minimum absolute atomic E-state index is 0.116. The second-order valence-corrected chi connectivity index (χ2v) is 8.77. The molecule has 1 aromatic heterocycles. The first-order valence-electron chi connectivity index (χ1n) is 12.1. The summed E-state index contributed by atoms with van der Waals surface area (Å²) in [6.45, 7) is 0.534. The molecule has 8 nitrogen and oxygen atoms in total. The summed E-state index contributed by atoms with van der Waals surface area (Å²) in [5.41, 5.74) is 3.36. The number of anilines is 1. The fourth-order valence-electron chi connectivity index (χ4n) is 4.42. The zero-order valence-corrected chi connectivity index (χ0v) is 20.8. The van der Waals surface area contributed by atoms with Crippen molar-refractivity contribution in [2.75, 3.05) is 26.1 Å². The first-order chi connectivity index (χ1) is 18.1. The van der Waals surface area contributed by atoms with Gasteiger partial charge in [0.2, 0.25) is 17.8 Å². The van der Waals surface area contributed by atoms with E-state index in [1.54, 1.807) is 31.3 Å². The highest BCUT2D eigenvalue weighted by Gasteiger charge is 2.38. The highest BCUT2D eigenvalue weighted by Crippen LogP contribution is 2.29. The van der Waals surface area contributed by atoms with Gasteiger partial charge < -0.3 is 14.4 Å². The molecule has 1 fully saturated rings. The number of likely N-dealkylation sites (tertiary alicyclic amines) is 1. The van der Waals surface area contributed by atoms with Crippen molar-refractivity contribution in [3.05, 3.63) is 90.6 Å². The molecular weight excluding hydrogens is 468 g/mol. The van der Waals surface area contributed by atoms with E-state index in [0.717, 1.165) is 22.5 Å². The molecule has 2 amide bonds. The molecule has 188 valence electrons. The second-order valence-electron chi connectivity index (χ2n) is 8.77. The monoisotopic (exact) mass is 496 g/mol. The molecule has 0 aliphatic carbocycles. The number of imidazole rings is 1. The van der Waals surface area contributed by atoms with E-state index < -0.39 is 6.04 Å². The Morgan fingerprint density at radius 2 is 1.65 bits per heavy atom. The number of hydrogen-bond acceptors (Lipinski definition) is 5. The van der Waals surface area contributed by atoms with Crippen molar-refractivity contribution in [3.63, 3.8) is 0 Å². The number of ether oxygens (including phenoxy) is 2. The number of para-hydroxylation sites is 1. The Hall–Kier alpha value is -4.59. The van der Waals surface area contributed by atoms with Crippen molar-refractivity contribution in [1.29, 1.82) is 0 Å². The smallest absolute Gasteiger partial charge is 0.249 e. The summed E-state index contributed by atoms with van der Waals surface area (Å²) in [7, 11) is 3.12. The normalized spacial score (nSPS) is 14.5. The van der Waals surface area contributed by atoms with Crippen LogP contribution in [0.4, 0.5) is 5.95 Å². The van der Waals surface area contributed by atoms with E-state index in [2.05, 4.69) is 5.32 Å². The summed E-state index contributed by atoms with van der Waals surface area (Å²) >= 11 is 0. The predicted molar refractivity (Wildman–Crippen MR) is 141 cm³/mol. The number of methoxy groups -OCH3 is 2. The van der Waals surface area contributed by atoms with Crippen LogP contribution in [0.15, 0.2) is 85.1 Å². The number of nitrogens with one attached hydrogen (secondary N) is 1. The Morgan fingerprint density at radius 3 is 2.30 bits per heavy atom. The summed E-state index contributed by atoms with van der Waals surface area (Å²) in [4.78, 5) is 32.7. The SMILES string of the molecule is COc1ccc(CC(=O)N2CC[C@@H]2C(=O)Nc2nc(-c3ccccc3)cn2-c2ccccc2)cc1OC. The van der Waals surface area contributed by atoms with Gasteiger partial charge in [-0.3, -0.25) is 19.5 Å². The standard InChI is InChI=1S/C29H28N4O4/c1-36-25-14-13-20(17-26(25)37-2)18-27(34)32-16-15-24(32)28(35)31-29-30-23(21-9-5-3-6-10-21)19-33(29)22-11-7-4-8-12-22/h3-14,17,19,24H,15-16,18H2,1-2H3,(H,30,31,35)/t24-/m1/s1. The number of amides is 2. The minimum Gasteiger partial charge on any atom is -0.493 e. The Kier molecular flexibility index (Phi) is 6.89. The maximum Gasteiger partial charge on any atom is 0.249 e. The molecule has 1 aliphatic rings. The molecule has 4 aromatic rings. The van der Waals surface area contributed by atoms with E-state index in [4.69, 9.17) is 14.5 Å². The fourth-order valence-corrected chi connectivity index (χ4v) is 4.42. The zero-order valence-electron chi connectivity index (χ0n) is 20.8. The van der Waals surface area contributed by atoms with Crippen molar-refractivity contribution >= 4 is 17.8 Å². The predicted octanol–water partition coefficient (Wildman–Crippen LogP) is 4.34. The van der Waals surface area contributed by atoms with E-state index in [9.17, 15) is 9.59 Å². The lowest BCUT2D eigenvalue weighted by Crippen LogP contribution is -2.57. The van der Waals surface area contributed by atoms with Gasteiger partial charge in [-0.05, 0) is 36.2 Å². The molecule has 1 atom stereocenters. The molecule has 2 heterocycles. The van der Waals surface area contributed by atoms with E-state index in [1.807, 2.05) is 77.5 Å². The van der Waals surface area contributed by atoms with Gasteiger partial charge in [0.25, 0.3) is 0 Å². The molecule has 0 saturated carbocycles. The number of rotatable bonds is 8. The van der Waals surface area contributed by atoms with Crippen molar-refractivity contribution < 1.29 is 19.1 Å². The van der Waals surface area contributed by atoms with Crippen LogP contribution in [0.1, 0.15) is 12.0 Å². The summed E-state index contributed by atoms with van der Waals surface area (Å²) in [5, 5.41) is 2.97. The van der Waals surface area contributed by atoms with Crippen LogP contribution >= 0.6 is 0 Å². The van der Waals surface area contributed by atoms with E-state index >= 15 is 0 Å². The third-order valence-electron chi connectivity index (χ3n) is 6.49. The number of carbonyl (C=O) groups is 2. The molecule has 3 aromatic carbocycles. The quantitative estimate of drug-likeness (QED) is 0.392. The van der Waals surface area contributed by atoms with Crippen LogP contribution in [-0.2, 0) is 16.0 Å². The summed E-state index contributed by atoms with van der Waals surface area (Å²) in [5.74, 6) is 1.20. The molecule has 37 heavy (non-hydrogen) atoms. The molecule has 8 heteroatoms. The lowest BCUT2D eigenvalue weighted by molar-refractivity contribution is -0.144. The van der Waals surface area contributed by atoms with E-state index in [0.29, 0.717) is 30.4 Å². The van der Waals surface area contributed by atoms with Crippen molar-refractivity contribution in [3.8, 4) is 28.4 Å². The van der Waals surface area contributed by atoms with Gasteiger partial charge in [-0.15, -0.1) is 0 Å². The fraction of sp³-hybridized carbons (Fsp3) is 0.207. The molecule has 1 aliphatic heterocycles. The number of carbonyl (C=O) groups excluding carboxylic acids is 2. The van der Waals surface area contributed by atoms with Crippen LogP contribution in [0, 0.1) is 0 Å². The second kappa shape index (κ2) is 10.6. The van der Waals surface area contributed by atoms with Crippen molar-refractivity contribution in [2.45, 2.75) is 18.9 Å². The molecule has 5 rings (SSSR count). The Morgan fingerprint density at radius 1 is 0.946 bits per heavy atom. The van der Waals surface area contributed by atoms with Gasteiger partial charge in [0, 0.05) is 24.0 Å². The van der Waals surface area contributed by atoms with Gasteiger partial charge in [0.15, 0.2) is 11.5 Å². The summed E-state index contributed by atoms with van der Waals surface area (Å²) in [6.07, 6.45) is 2.67. The van der Waals surface area contributed by atoms with Crippen LogP contribution < -0.4 is 14.8 Å². The van der Waals surface area contributed by atoms with Crippen molar-refractivity contribution in [2.24, 2.45) is 0 Å². The molecule has 1 saturated heterocycles. The average molecular weight is 497 g/mol. The Bertz CT molecular complexity index is 1400. The Labute approximate surface area is 215 Å². The van der Waals surface area contributed by atoms with Crippen LogP contribution in [0.25, 0.3) is 16.9 Å². The first-order valence-corrected chi connectivity index (χ1v) is 12.1. The summed E-state index contributed by atoms with van der Waals surface area (Å²) < 4.78 is 12.5. The van der Waals surface area contributed by atoms with Crippen LogP contribution in [-0.4, -0.2) is 53.1 Å². The van der Waals surface area contributed by atoms with Gasteiger partial charge in [0.05, 0.1) is 26.3 Å². The maximum atomic E-state index is 13.3. The highest BCUT2D eigenvalue weighted by molar-refractivity contribution is 5.98. The number of aromatic nitrogens is 2. The first kappa shape index (κ1) is 24.1. The Balaban J connectivity index is 1.33. The average Bonchev–Trinajstić information content (AvgIpc) is 3.32. The highest BCUT2D eigenvalue weighted by atomic mass is 16.5. The largest absolute Gasteiger partial charge is 0.493 e. The maximum absolute atomic E-state index is 13.3. The lowest BCUT2D eigenvalue weighted by atomic mass is 10.00. The van der Waals surface area contributed by atoms with Gasteiger partial charge >= 0.3 is 0 Å². The van der Waals surface area contributed by atoms with Crippen molar-refractivity contribution in [1.82, 2.24) is 14.5 Å².